The van der Waals surface area contributed by atoms with Crippen LogP contribution in [0, 0.1) is 6.92 Å². The second-order valence-electron chi connectivity index (χ2n) is 5.67. The molecule has 0 spiro atoms. The molecule has 0 bridgehead atoms. The molecule has 1 heterocycles. The van der Waals surface area contributed by atoms with Gasteiger partial charge in [0.1, 0.15) is 0 Å². The van der Waals surface area contributed by atoms with Gasteiger partial charge in [0.2, 0.25) is 0 Å². The highest BCUT2D eigenvalue weighted by atomic mass is 16.5. The minimum absolute atomic E-state index is 0.0775. The fourth-order valence-corrected chi connectivity index (χ4v) is 2.63. The van der Waals surface area contributed by atoms with Crippen molar-refractivity contribution < 1.29 is 4.74 Å². The lowest BCUT2D eigenvalue weighted by Crippen LogP contribution is -2.29. The van der Waals surface area contributed by atoms with Crippen LogP contribution in [-0.4, -0.2) is 36.2 Å². The summed E-state index contributed by atoms with van der Waals surface area (Å²) in [6.45, 7) is 8.32. The number of hydrogen-bond acceptors (Lipinski definition) is 3. The summed E-state index contributed by atoms with van der Waals surface area (Å²) in [7, 11) is 2.03. The SMILES string of the molecule is CCO[C@@H](C)CN(C)Cc1cc(=O)c2cc(C)ccc2[nH]1. The van der Waals surface area contributed by atoms with Gasteiger partial charge in [-0.15, -0.1) is 0 Å². The molecular weight excluding hydrogens is 264 g/mol. The number of aromatic nitrogens is 1. The number of benzene rings is 1. The van der Waals surface area contributed by atoms with Crippen molar-refractivity contribution in [2.45, 2.75) is 33.4 Å². The van der Waals surface area contributed by atoms with E-state index in [1.54, 1.807) is 6.07 Å². The number of hydrogen-bond donors (Lipinski definition) is 1. The van der Waals surface area contributed by atoms with E-state index in [0.717, 1.165) is 35.3 Å². The summed E-state index contributed by atoms with van der Waals surface area (Å²) in [5, 5.41) is 0.754. The zero-order valence-electron chi connectivity index (χ0n) is 13.3. The van der Waals surface area contributed by atoms with E-state index in [2.05, 4.69) is 16.8 Å². The molecule has 2 aromatic rings. The Hall–Kier alpha value is -1.65. The van der Waals surface area contributed by atoms with E-state index in [4.69, 9.17) is 4.74 Å². The number of nitrogens with zero attached hydrogens (tertiary/aromatic N) is 1. The minimum Gasteiger partial charge on any atom is -0.377 e. The largest absolute Gasteiger partial charge is 0.377 e. The molecule has 21 heavy (non-hydrogen) atoms. The first-order chi connectivity index (χ1) is 9.99. The van der Waals surface area contributed by atoms with Gasteiger partial charge in [0.15, 0.2) is 5.43 Å². The summed E-state index contributed by atoms with van der Waals surface area (Å²) < 4.78 is 5.54. The number of rotatable bonds is 6. The van der Waals surface area contributed by atoms with Gasteiger partial charge < -0.3 is 9.72 Å². The number of aromatic amines is 1. The van der Waals surface area contributed by atoms with E-state index in [-0.39, 0.29) is 11.5 Å². The second kappa shape index (κ2) is 6.87. The summed E-state index contributed by atoms with van der Waals surface area (Å²) >= 11 is 0. The van der Waals surface area contributed by atoms with Crippen LogP contribution in [0.25, 0.3) is 10.9 Å². The number of likely N-dealkylation sites (N-methyl/N-ethyl adjacent to an activating group) is 1. The Morgan fingerprint density at radius 1 is 1.33 bits per heavy atom. The molecule has 0 fully saturated rings. The van der Waals surface area contributed by atoms with Gasteiger partial charge in [0.25, 0.3) is 0 Å². The Kier molecular flexibility index (Phi) is 5.15. The molecule has 1 aromatic carbocycles. The van der Waals surface area contributed by atoms with E-state index in [1.807, 2.05) is 39.1 Å². The van der Waals surface area contributed by atoms with E-state index in [9.17, 15) is 4.79 Å². The molecule has 0 amide bonds. The molecule has 1 atom stereocenters. The topological polar surface area (TPSA) is 45.3 Å². The van der Waals surface area contributed by atoms with Crippen molar-refractivity contribution in [3.63, 3.8) is 0 Å². The van der Waals surface area contributed by atoms with Gasteiger partial charge >= 0.3 is 0 Å². The molecule has 0 saturated heterocycles. The summed E-state index contributed by atoms with van der Waals surface area (Å²) in [5.41, 5.74) is 3.01. The molecule has 0 saturated carbocycles. The smallest absolute Gasteiger partial charge is 0.189 e. The van der Waals surface area contributed by atoms with Crippen molar-refractivity contribution in [2.24, 2.45) is 0 Å². The molecule has 1 aromatic heterocycles. The Bertz CT molecular complexity index is 663. The number of H-pyrrole nitrogens is 1. The van der Waals surface area contributed by atoms with Gasteiger partial charge in [-0.05, 0) is 40.0 Å². The fourth-order valence-electron chi connectivity index (χ4n) is 2.63. The minimum atomic E-state index is 0.0775. The third-order valence-corrected chi connectivity index (χ3v) is 3.50. The molecule has 2 rings (SSSR count). The maximum atomic E-state index is 12.2. The molecule has 4 heteroatoms. The van der Waals surface area contributed by atoms with Gasteiger partial charge in [-0.25, -0.2) is 0 Å². The van der Waals surface area contributed by atoms with Crippen LogP contribution in [0.1, 0.15) is 25.1 Å². The van der Waals surface area contributed by atoms with Crippen molar-refractivity contribution in [1.82, 2.24) is 9.88 Å². The lowest BCUT2D eigenvalue weighted by atomic mass is 10.1. The third-order valence-electron chi connectivity index (χ3n) is 3.50. The number of aryl methyl sites for hydroxylation is 1. The molecule has 0 radical (unpaired) electrons. The number of ether oxygens (including phenoxy) is 1. The van der Waals surface area contributed by atoms with Crippen LogP contribution in [0.4, 0.5) is 0 Å². The Morgan fingerprint density at radius 3 is 2.81 bits per heavy atom. The summed E-state index contributed by atoms with van der Waals surface area (Å²) in [4.78, 5) is 17.7. The summed E-state index contributed by atoms with van der Waals surface area (Å²) in [6, 6.07) is 7.61. The zero-order valence-corrected chi connectivity index (χ0v) is 13.3. The Morgan fingerprint density at radius 2 is 2.10 bits per heavy atom. The van der Waals surface area contributed by atoms with Crippen molar-refractivity contribution in [1.29, 1.82) is 0 Å². The highest BCUT2D eigenvalue weighted by Crippen LogP contribution is 2.11. The number of nitrogens with one attached hydrogen (secondary N) is 1. The fraction of sp³-hybridized carbons (Fsp3) is 0.471. The second-order valence-corrected chi connectivity index (χ2v) is 5.67. The number of fused-ring (bicyclic) bond motifs is 1. The van der Waals surface area contributed by atoms with Gasteiger partial charge in [-0.3, -0.25) is 9.69 Å². The van der Waals surface area contributed by atoms with Gasteiger partial charge in [0.05, 0.1) is 6.10 Å². The predicted octanol–water partition coefficient (Wildman–Crippen LogP) is 2.69. The van der Waals surface area contributed by atoms with E-state index in [1.165, 1.54) is 0 Å². The Balaban J connectivity index is 2.16. The molecule has 0 aliphatic rings. The predicted molar refractivity (Wildman–Crippen MR) is 86.7 cm³/mol. The van der Waals surface area contributed by atoms with Crippen molar-refractivity contribution in [2.75, 3.05) is 20.2 Å². The van der Waals surface area contributed by atoms with Crippen LogP contribution >= 0.6 is 0 Å². The van der Waals surface area contributed by atoms with Gasteiger partial charge in [-0.2, -0.15) is 0 Å². The van der Waals surface area contributed by atoms with Gasteiger partial charge in [0, 0.05) is 42.4 Å². The van der Waals surface area contributed by atoms with Crippen LogP contribution in [0.3, 0.4) is 0 Å². The first kappa shape index (κ1) is 15.7. The maximum absolute atomic E-state index is 12.2. The molecular formula is C17H24N2O2. The van der Waals surface area contributed by atoms with Crippen molar-refractivity contribution in [3.05, 3.63) is 45.7 Å². The van der Waals surface area contributed by atoms with Crippen LogP contribution < -0.4 is 5.43 Å². The monoisotopic (exact) mass is 288 g/mol. The highest BCUT2D eigenvalue weighted by molar-refractivity contribution is 5.79. The highest BCUT2D eigenvalue weighted by Gasteiger charge is 2.08. The van der Waals surface area contributed by atoms with Crippen LogP contribution in [0.15, 0.2) is 29.1 Å². The molecule has 0 aliphatic carbocycles. The first-order valence-electron chi connectivity index (χ1n) is 7.42. The lowest BCUT2D eigenvalue weighted by molar-refractivity contribution is 0.0502. The van der Waals surface area contributed by atoms with Crippen molar-refractivity contribution in [3.8, 4) is 0 Å². The molecule has 0 unspecified atom stereocenters. The van der Waals surface area contributed by atoms with E-state index < -0.39 is 0 Å². The quantitative estimate of drug-likeness (QED) is 0.889. The van der Waals surface area contributed by atoms with Crippen LogP contribution in [-0.2, 0) is 11.3 Å². The van der Waals surface area contributed by atoms with E-state index in [0.29, 0.717) is 6.54 Å². The Labute approximate surface area is 125 Å². The average molecular weight is 288 g/mol. The van der Waals surface area contributed by atoms with Crippen LogP contribution in [0.5, 0.6) is 0 Å². The first-order valence-corrected chi connectivity index (χ1v) is 7.42. The normalized spacial score (nSPS) is 13.0. The van der Waals surface area contributed by atoms with Crippen molar-refractivity contribution >= 4 is 10.9 Å². The molecule has 1 N–H and O–H groups in total. The average Bonchev–Trinajstić information content (AvgIpc) is 2.39. The molecule has 0 aliphatic heterocycles. The molecule has 4 nitrogen and oxygen atoms in total. The lowest BCUT2D eigenvalue weighted by Gasteiger charge is -2.21. The summed E-state index contributed by atoms with van der Waals surface area (Å²) in [5.74, 6) is 0. The standard InChI is InChI=1S/C17H24N2O2/c1-5-21-13(3)10-19(4)11-14-9-17(20)15-8-12(2)6-7-16(15)18-14/h6-9,13H,5,10-11H2,1-4H3,(H,18,20)/t13-/m0/s1. The molecule has 114 valence electrons. The zero-order chi connectivity index (χ0) is 15.4. The number of pyridine rings is 1. The maximum Gasteiger partial charge on any atom is 0.189 e. The van der Waals surface area contributed by atoms with Crippen LogP contribution in [0.2, 0.25) is 0 Å². The summed E-state index contributed by atoms with van der Waals surface area (Å²) in [6.07, 6.45) is 0.190. The third kappa shape index (κ3) is 4.16. The van der Waals surface area contributed by atoms with E-state index >= 15 is 0 Å². The van der Waals surface area contributed by atoms with Gasteiger partial charge in [-0.1, -0.05) is 11.6 Å².